The molecule has 2 heterocycles. The molecule has 74 valence electrons. The van der Waals surface area contributed by atoms with Crippen molar-refractivity contribution in [2.45, 2.75) is 13.3 Å². The van der Waals surface area contributed by atoms with Gasteiger partial charge in [-0.25, -0.2) is 4.98 Å². The number of halogens is 1. The summed E-state index contributed by atoms with van der Waals surface area (Å²) in [5, 5.41) is 9.53. The van der Waals surface area contributed by atoms with Gasteiger partial charge in [0, 0.05) is 36.0 Å². The zero-order chi connectivity index (χ0) is 10.1. The predicted octanol–water partition coefficient (Wildman–Crippen LogP) is 1.83. The van der Waals surface area contributed by atoms with Crippen molar-refractivity contribution in [2.75, 3.05) is 6.61 Å². The molecule has 2 aromatic rings. The topological polar surface area (TPSA) is 37.5 Å². The van der Waals surface area contributed by atoms with Crippen LogP contribution in [0.15, 0.2) is 18.3 Å². The Balaban J connectivity index is 2.61. The van der Waals surface area contributed by atoms with Crippen molar-refractivity contribution < 1.29 is 5.11 Å². The summed E-state index contributed by atoms with van der Waals surface area (Å²) in [7, 11) is 0. The first-order valence-corrected chi connectivity index (χ1v) is 4.84. The van der Waals surface area contributed by atoms with Crippen LogP contribution in [0.1, 0.15) is 11.4 Å². The number of pyridine rings is 1. The maximum Gasteiger partial charge on any atom is 0.138 e. The van der Waals surface area contributed by atoms with E-state index >= 15 is 0 Å². The molecule has 0 unspecified atom stereocenters. The minimum absolute atomic E-state index is 0.123. The highest BCUT2D eigenvalue weighted by molar-refractivity contribution is 6.30. The summed E-state index contributed by atoms with van der Waals surface area (Å²) in [6, 6.07) is 3.64. The lowest BCUT2D eigenvalue weighted by atomic mass is 10.3. The van der Waals surface area contributed by atoms with Crippen LogP contribution in [0.25, 0.3) is 5.65 Å². The van der Waals surface area contributed by atoms with Gasteiger partial charge >= 0.3 is 0 Å². The van der Waals surface area contributed by atoms with E-state index in [4.69, 9.17) is 16.7 Å². The Bertz CT molecular complexity index is 464. The van der Waals surface area contributed by atoms with Crippen LogP contribution in [-0.2, 0) is 6.42 Å². The lowest BCUT2D eigenvalue weighted by Crippen LogP contribution is -1.93. The monoisotopic (exact) mass is 210 g/mol. The van der Waals surface area contributed by atoms with Crippen LogP contribution in [0.4, 0.5) is 0 Å². The number of hydrogen-bond acceptors (Lipinski definition) is 2. The van der Waals surface area contributed by atoms with E-state index in [2.05, 4.69) is 4.98 Å². The van der Waals surface area contributed by atoms with Gasteiger partial charge in [0.15, 0.2) is 0 Å². The molecule has 2 aromatic heterocycles. The highest BCUT2D eigenvalue weighted by Gasteiger charge is 2.07. The summed E-state index contributed by atoms with van der Waals surface area (Å²) >= 11 is 5.85. The zero-order valence-corrected chi connectivity index (χ0v) is 8.62. The van der Waals surface area contributed by atoms with Gasteiger partial charge in [0.25, 0.3) is 0 Å². The Morgan fingerprint density at radius 2 is 2.36 bits per heavy atom. The van der Waals surface area contributed by atoms with Crippen molar-refractivity contribution in [1.82, 2.24) is 9.38 Å². The van der Waals surface area contributed by atoms with E-state index in [9.17, 15) is 0 Å². The Kier molecular flexibility index (Phi) is 2.44. The number of nitrogens with zero attached hydrogens (tertiary/aromatic N) is 2. The molecule has 0 aliphatic heterocycles. The second-order valence-electron chi connectivity index (χ2n) is 3.19. The van der Waals surface area contributed by atoms with E-state index in [0.29, 0.717) is 11.4 Å². The highest BCUT2D eigenvalue weighted by atomic mass is 35.5. The second kappa shape index (κ2) is 3.59. The number of imidazole rings is 1. The number of hydrogen-bond donors (Lipinski definition) is 1. The van der Waals surface area contributed by atoms with E-state index in [1.807, 2.05) is 29.7 Å². The lowest BCUT2D eigenvalue weighted by molar-refractivity contribution is 0.298. The van der Waals surface area contributed by atoms with Gasteiger partial charge < -0.3 is 9.51 Å². The van der Waals surface area contributed by atoms with Crippen LogP contribution >= 0.6 is 11.6 Å². The molecule has 3 nitrogen and oxygen atoms in total. The van der Waals surface area contributed by atoms with Gasteiger partial charge in [0.05, 0.1) is 5.69 Å². The molecular formula is C10H11ClN2O. The second-order valence-corrected chi connectivity index (χ2v) is 3.63. The molecule has 4 heteroatoms. The molecule has 0 amide bonds. The Morgan fingerprint density at radius 3 is 3.07 bits per heavy atom. The first-order chi connectivity index (χ1) is 6.72. The van der Waals surface area contributed by atoms with Gasteiger partial charge in [-0.2, -0.15) is 0 Å². The molecule has 0 fully saturated rings. The summed E-state index contributed by atoms with van der Waals surface area (Å²) in [5.41, 5.74) is 2.82. The smallest absolute Gasteiger partial charge is 0.138 e. The molecule has 0 aromatic carbocycles. The lowest BCUT2D eigenvalue weighted by Gasteiger charge is -1.96. The SMILES string of the molecule is Cc1c(CCO)nc2cc(Cl)ccn12. The number of fused-ring (bicyclic) bond motifs is 1. The maximum absolute atomic E-state index is 8.85. The quantitative estimate of drug-likeness (QED) is 0.821. The van der Waals surface area contributed by atoms with Crippen LogP contribution in [0.3, 0.4) is 0 Å². The van der Waals surface area contributed by atoms with Crippen molar-refractivity contribution >= 4 is 17.2 Å². The van der Waals surface area contributed by atoms with E-state index in [0.717, 1.165) is 17.0 Å². The van der Waals surface area contributed by atoms with Crippen LogP contribution in [0, 0.1) is 6.92 Å². The van der Waals surface area contributed by atoms with Gasteiger partial charge in [-0.1, -0.05) is 11.6 Å². The van der Waals surface area contributed by atoms with Crippen LogP contribution in [0.2, 0.25) is 5.02 Å². The van der Waals surface area contributed by atoms with Crippen molar-refractivity contribution in [3.63, 3.8) is 0 Å². The van der Waals surface area contributed by atoms with Crippen molar-refractivity contribution in [2.24, 2.45) is 0 Å². The number of rotatable bonds is 2. The van der Waals surface area contributed by atoms with E-state index < -0.39 is 0 Å². The standard InChI is InChI=1S/C10H11ClN2O/c1-7-9(3-5-14)12-10-6-8(11)2-4-13(7)10/h2,4,6,14H,3,5H2,1H3. The van der Waals surface area contributed by atoms with Crippen molar-refractivity contribution in [3.05, 3.63) is 34.7 Å². The zero-order valence-electron chi connectivity index (χ0n) is 7.87. The Hall–Kier alpha value is -1.06. The van der Waals surface area contributed by atoms with Gasteiger partial charge in [0.1, 0.15) is 5.65 Å². The largest absolute Gasteiger partial charge is 0.396 e. The average Bonchev–Trinajstić information content (AvgIpc) is 2.44. The van der Waals surface area contributed by atoms with E-state index in [-0.39, 0.29) is 6.61 Å². The van der Waals surface area contributed by atoms with Crippen molar-refractivity contribution in [1.29, 1.82) is 0 Å². The fourth-order valence-electron chi connectivity index (χ4n) is 1.53. The third kappa shape index (κ3) is 1.49. The molecule has 0 spiro atoms. The van der Waals surface area contributed by atoms with E-state index in [1.54, 1.807) is 0 Å². The fourth-order valence-corrected chi connectivity index (χ4v) is 1.69. The van der Waals surface area contributed by atoms with Crippen molar-refractivity contribution in [3.8, 4) is 0 Å². The summed E-state index contributed by atoms with van der Waals surface area (Å²) < 4.78 is 1.97. The molecule has 0 saturated heterocycles. The first-order valence-electron chi connectivity index (χ1n) is 4.46. The molecule has 0 aliphatic carbocycles. The molecule has 1 N–H and O–H groups in total. The third-order valence-corrected chi connectivity index (χ3v) is 2.51. The number of aliphatic hydroxyl groups excluding tert-OH is 1. The summed E-state index contributed by atoms with van der Waals surface area (Å²) in [4.78, 5) is 4.38. The maximum atomic E-state index is 8.85. The fraction of sp³-hybridized carbons (Fsp3) is 0.300. The molecule has 2 rings (SSSR count). The summed E-state index contributed by atoms with van der Waals surface area (Å²) in [6.07, 6.45) is 2.48. The van der Waals surface area contributed by atoms with E-state index in [1.165, 1.54) is 0 Å². The van der Waals surface area contributed by atoms with Crippen LogP contribution in [-0.4, -0.2) is 21.1 Å². The normalized spacial score (nSPS) is 11.1. The average molecular weight is 211 g/mol. The molecule has 0 atom stereocenters. The van der Waals surface area contributed by atoms with Gasteiger partial charge in [-0.15, -0.1) is 0 Å². The molecule has 14 heavy (non-hydrogen) atoms. The third-order valence-electron chi connectivity index (χ3n) is 2.27. The minimum Gasteiger partial charge on any atom is -0.396 e. The molecule has 0 bridgehead atoms. The number of aromatic nitrogens is 2. The molecular weight excluding hydrogens is 200 g/mol. The summed E-state index contributed by atoms with van der Waals surface area (Å²) in [6.45, 7) is 2.11. The highest BCUT2D eigenvalue weighted by Crippen LogP contribution is 2.16. The minimum atomic E-state index is 0.123. The predicted molar refractivity (Wildman–Crippen MR) is 55.7 cm³/mol. The molecule has 0 radical (unpaired) electrons. The Labute approximate surface area is 87.0 Å². The number of aliphatic hydroxyl groups is 1. The Morgan fingerprint density at radius 1 is 1.57 bits per heavy atom. The molecule has 0 saturated carbocycles. The summed E-state index contributed by atoms with van der Waals surface area (Å²) in [5.74, 6) is 0. The molecule has 0 aliphatic rings. The number of aryl methyl sites for hydroxylation is 1. The van der Waals surface area contributed by atoms with Crippen LogP contribution < -0.4 is 0 Å². The van der Waals surface area contributed by atoms with Gasteiger partial charge in [-0.3, -0.25) is 0 Å². The first kappa shape index (κ1) is 9.49. The van der Waals surface area contributed by atoms with Gasteiger partial charge in [0.2, 0.25) is 0 Å². The van der Waals surface area contributed by atoms with Crippen LogP contribution in [0.5, 0.6) is 0 Å². The van der Waals surface area contributed by atoms with Gasteiger partial charge in [-0.05, 0) is 13.0 Å².